The average Bonchev–Trinajstić information content (AvgIpc) is 2.51. The number of nitrogens with one attached hydrogen (secondary N) is 1. The molecule has 1 aliphatic rings. The lowest BCUT2D eigenvalue weighted by Crippen LogP contribution is -2.39. The molecule has 0 radical (unpaired) electrons. The van der Waals surface area contributed by atoms with Gasteiger partial charge in [-0.2, -0.15) is 0 Å². The molecule has 0 aliphatic carbocycles. The maximum absolute atomic E-state index is 5.53. The maximum atomic E-state index is 5.53. The van der Waals surface area contributed by atoms with E-state index in [4.69, 9.17) is 4.74 Å². The lowest BCUT2D eigenvalue weighted by Gasteiger charge is -2.20. The third kappa shape index (κ3) is 4.60. The van der Waals surface area contributed by atoms with Gasteiger partial charge in [-0.05, 0) is 33.9 Å². The number of ether oxygens (including phenoxy) is 1. The van der Waals surface area contributed by atoms with Crippen LogP contribution in [0.15, 0.2) is 0 Å². The van der Waals surface area contributed by atoms with Crippen molar-refractivity contribution in [2.45, 2.75) is 31.9 Å². The van der Waals surface area contributed by atoms with E-state index in [1.54, 1.807) is 0 Å². The predicted molar refractivity (Wildman–Crippen MR) is 55.0 cm³/mol. The Hall–Kier alpha value is -0.120. The molecular weight excluding hydrogens is 164 g/mol. The Kier molecular flexibility index (Phi) is 4.70. The summed E-state index contributed by atoms with van der Waals surface area (Å²) >= 11 is 0. The van der Waals surface area contributed by atoms with Gasteiger partial charge in [0.1, 0.15) is 0 Å². The zero-order chi connectivity index (χ0) is 9.68. The van der Waals surface area contributed by atoms with Crippen molar-refractivity contribution in [3.8, 4) is 0 Å². The van der Waals surface area contributed by atoms with Gasteiger partial charge in [0.15, 0.2) is 0 Å². The monoisotopic (exact) mass is 186 g/mol. The number of rotatable bonds is 5. The highest BCUT2D eigenvalue weighted by Gasteiger charge is 2.15. The van der Waals surface area contributed by atoms with Crippen LogP contribution in [0.5, 0.6) is 0 Å². The minimum atomic E-state index is 0.463. The molecule has 1 heterocycles. The lowest BCUT2D eigenvalue weighted by atomic mass is 10.2. The minimum Gasteiger partial charge on any atom is -0.377 e. The fourth-order valence-electron chi connectivity index (χ4n) is 1.75. The summed E-state index contributed by atoms with van der Waals surface area (Å²) < 4.78 is 5.53. The molecule has 3 nitrogen and oxygen atoms in total. The number of nitrogens with zero attached hydrogens (tertiary/aromatic N) is 1. The van der Waals surface area contributed by atoms with Crippen molar-refractivity contribution >= 4 is 0 Å². The normalized spacial score (nSPS) is 25.4. The molecule has 78 valence electrons. The summed E-state index contributed by atoms with van der Waals surface area (Å²) in [6.45, 7) is 5.27. The standard InChI is InChI=1S/C10H22N2O/c1-9(8-12(2)3)11-7-10-5-4-6-13-10/h9-11H,4-8H2,1-3H3. The van der Waals surface area contributed by atoms with E-state index in [0.717, 1.165) is 19.7 Å². The molecule has 0 aromatic rings. The molecule has 0 aromatic carbocycles. The summed E-state index contributed by atoms with van der Waals surface area (Å²) in [5.41, 5.74) is 0. The van der Waals surface area contributed by atoms with Gasteiger partial charge < -0.3 is 15.0 Å². The van der Waals surface area contributed by atoms with E-state index in [1.165, 1.54) is 12.8 Å². The smallest absolute Gasteiger partial charge is 0.0700 e. The van der Waals surface area contributed by atoms with Gasteiger partial charge in [0.25, 0.3) is 0 Å². The first-order valence-electron chi connectivity index (χ1n) is 5.18. The molecule has 3 heteroatoms. The molecular formula is C10H22N2O. The largest absolute Gasteiger partial charge is 0.377 e. The van der Waals surface area contributed by atoms with Crippen LogP contribution in [-0.2, 0) is 4.74 Å². The second-order valence-electron chi connectivity index (χ2n) is 4.21. The van der Waals surface area contributed by atoms with Crippen LogP contribution in [0.25, 0.3) is 0 Å². The van der Waals surface area contributed by atoms with Crippen molar-refractivity contribution < 1.29 is 4.74 Å². The van der Waals surface area contributed by atoms with Gasteiger partial charge in [-0.25, -0.2) is 0 Å². The van der Waals surface area contributed by atoms with E-state index in [1.807, 2.05) is 0 Å². The summed E-state index contributed by atoms with van der Waals surface area (Å²) in [7, 11) is 4.20. The molecule has 0 amide bonds. The van der Waals surface area contributed by atoms with Crippen LogP contribution in [0.4, 0.5) is 0 Å². The highest BCUT2D eigenvalue weighted by atomic mass is 16.5. The summed E-state index contributed by atoms with van der Waals surface area (Å²) in [6, 6.07) is 0.555. The summed E-state index contributed by atoms with van der Waals surface area (Å²) in [6.07, 6.45) is 2.92. The third-order valence-corrected chi connectivity index (χ3v) is 2.36. The highest BCUT2D eigenvalue weighted by molar-refractivity contribution is 4.71. The topological polar surface area (TPSA) is 24.5 Å². The first kappa shape index (κ1) is 11.0. The first-order valence-corrected chi connectivity index (χ1v) is 5.18. The molecule has 1 rings (SSSR count). The van der Waals surface area contributed by atoms with Gasteiger partial charge in [-0.3, -0.25) is 0 Å². The van der Waals surface area contributed by atoms with Crippen molar-refractivity contribution in [2.75, 3.05) is 33.8 Å². The van der Waals surface area contributed by atoms with E-state index in [0.29, 0.717) is 12.1 Å². The molecule has 1 N–H and O–H groups in total. The van der Waals surface area contributed by atoms with Crippen molar-refractivity contribution in [3.63, 3.8) is 0 Å². The van der Waals surface area contributed by atoms with Gasteiger partial charge in [-0.15, -0.1) is 0 Å². The maximum Gasteiger partial charge on any atom is 0.0700 e. The van der Waals surface area contributed by atoms with E-state index < -0.39 is 0 Å². The van der Waals surface area contributed by atoms with E-state index in [9.17, 15) is 0 Å². The Bertz CT molecular complexity index is 133. The molecule has 0 aromatic heterocycles. The molecule has 0 spiro atoms. The third-order valence-electron chi connectivity index (χ3n) is 2.36. The molecule has 0 bridgehead atoms. The van der Waals surface area contributed by atoms with Gasteiger partial charge in [0.2, 0.25) is 0 Å². The molecule has 2 unspecified atom stereocenters. The predicted octanol–water partition coefficient (Wildman–Crippen LogP) is 0.705. The van der Waals surface area contributed by atoms with Crippen molar-refractivity contribution in [1.29, 1.82) is 0 Å². The molecule has 1 saturated heterocycles. The second-order valence-corrected chi connectivity index (χ2v) is 4.21. The van der Waals surface area contributed by atoms with Crippen LogP contribution in [0, 0.1) is 0 Å². The molecule has 0 saturated carbocycles. The molecule has 13 heavy (non-hydrogen) atoms. The Labute approximate surface area is 81.4 Å². The van der Waals surface area contributed by atoms with Gasteiger partial charge in [-0.1, -0.05) is 0 Å². The number of hydrogen-bond donors (Lipinski definition) is 1. The van der Waals surface area contributed by atoms with Gasteiger partial charge >= 0.3 is 0 Å². The summed E-state index contributed by atoms with van der Waals surface area (Å²) in [5, 5.41) is 3.49. The average molecular weight is 186 g/mol. The Balaban J connectivity index is 2.03. The zero-order valence-corrected chi connectivity index (χ0v) is 9.05. The highest BCUT2D eigenvalue weighted by Crippen LogP contribution is 2.10. The van der Waals surface area contributed by atoms with Crippen LogP contribution >= 0.6 is 0 Å². The number of hydrogen-bond acceptors (Lipinski definition) is 3. The molecule has 1 fully saturated rings. The Morgan fingerprint density at radius 3 is 2.85 bits per heavy atom. The van der Waals surface area contributed by atoms with Crippen molar-refractivity contribution in [3.05, 3.63) is 0 Å². The van der Waals surface area contributed by atoms with Crippen LogP contribution in [-0.4, -0.2) is 50.8 Å². The second kappa shape index (κ2) is 5.58. The minimum absolute atomic E-state index is 0.463. The molecule has 2 atom stereocenters. The van der Waals surface area contributed by atoms with Gasteiger partial charge in [0.05, 0.1) is 6.10 Å². The number of likely N-dealkylation sites (N-methyl/N-ethyl adjacent to an activating group) is 1. The Morgan fingerprint density at radius 1 is 1.54 bits per heavy atom. The van der Waals surface area contributed by atoms with Crippen LogP contribution < -0.4 is 5.32 Å². The van der Waals surface area contributed by atoms with Crippen LogP contribution in [0.3, 0.4) is 0 Å². The van der Waals surface area contributed by atoms with Crippen LogP contribution in [0.1, 0.15) is 19.8 Å². The van der Waals surface area contributed by atoms with Crippen LogP contribution in [0.2, 0.25) is 0 Å². The van der Waals surface area contributed by atoms with E-state index in [2.05, 4.69) is 31.2 Å². The van der Waals surface area contributed by atoms with Gasteiger partial charge in [0, 0.05) is 25.7 Å². The van der Waals surface area contributed by atoms with Crippen molar-refractivity contribution in [2.24, 2.45) is 0 Å². The fourth-order valence-corrected chi connectivity index (χ4v) is 1.75. The first-order chi connectivity index (χ1) is 6.18. The van der Waals surface area contributed by atoms with E-state index in [-0.39, 0.29) is 0 Å². The summed E-state index contributed by atoms with van der Waals surface area (Å²) in [4.78, 5) is 2.20. The lowest BCUT2D eigenvalue weighted by molar-refractivity contribution is 0.107. The Morgan fingerprint density at radius 2 is 2.31 bits per heavy atom. The fraction of sp³-hybridized carbons (Fsp3) is 1.00. The molecule has 1 aliphatic heterocycles. The van der Waals surface area contributed by atoms with E-state index >= 15 is 0 Å². The summed E-state index contributed by atoms with van der Waals surface area (Å²) in [5.74, 6) is 0. The zero-order valence-electron chi connectivity index (χ0n) is 9.05. The quantitative estimate of drug-likeness (QED) is 0.684. The SMILES string of the molecule is CC(CN(C)C)NCC1CCCO1. The van der Waals surface area contributed by atoms with Crippen molar-refractivity contribution in [1.82, 2.24) is 10.2 Å².